The predicted molar refractivity (Wildman–Crippen MR) is 221 cm³/mol. The number of hydrogen-bond acceptors (Lipinski definition) is 11. The lowest BCUT2D eigenvalue weighted by Crippen LogP contribution is -2.53. The number of allylic oxidation sites excluding steroid dienone is 2. The summed E-state index contributed by atoms with van der Waals surface area (Å²) in [6.07, 6.45) is 9.77. The van der Waals surface area contributed by atoms with Crippen molar-refractivity contribution >= 4 is 52.2 Å². The van der Waals surface area contributed by atoms with Gasteiger partial charge < -0.3 is 45.3 Å². The summed E-state index contributed by atoms with van der Waals surface area (Å²) < 4.78 is 23.9. The van der Waals surface area contributed by atoms with E-state index in [4.69, 9.17) is 46.4 Å². The number of alkyl carbamates (subject to hydrolysis) is 1. The second-order valence-corrected chi connectivity index (χ2v) is 17.5. The highest BCUT2D eigenvalue weighted by Crippen LogP contribution is 2.52. The number of benzene rings is 1. The SMILES string of the molecule is CC(C)Nc1cc(OC2C[C@@H](C(N)=O)N(C(=O)[C@H](CCCCC/C=C\[C@@H]3C[C@@H]3C(=O)O)NC(=O)OC3C[C@@H]4C[C@@H]4C3)C2)c2ccc(OCCN3CCOCC3)c(Cl)c2n1. The summed E-state index contributed by atoms with van der Waals surface area (Å²) in [5.41, 5.74) is 6.41. The van der Waals surface area contributed by atoms with Crippen LogP contribution >= 0.6 is 11.6 Å². The zero-order chi connectivity index (χ0) is 41.6. The molecule has 5 fully saturated rings. The summed E-state index contributed by atoms with van der Waals surface area (Å²) in [7, 11) is 0. The van der Waals surface area contributed by atoms with Crippen LogP contribution in [0.3, 0.4) is 0 Å². The van der Waals surface area contributed by atoms with Gasteiger partial charge in [-0.15, -0.1) is 0 Å². The molecular weight excluding hydrogens is 780 g/mol. The van der Waals surface area contributed by atoms with Crippen LogP contribution in [0.2, 0.25) is 5.02 Å². The third kappa shape index (κ3) is 11.3. The molecule has 8 atom stereocenters. The molecule has 0 bridgehead atoms. The second-order valence-electron chi connectivity index (χ2n) is 17.1. The van der Waals surface area contributed by atoms with E-state index in [1.165, 1.54) is 11.3 Å². The van der Waals surface area contributed by atoms with Crippen LogP contribution in [0.15, 0.2) is 30.4 Å². The van der Waals surface area contributed by atoms with E-state index in [2.05, 4.69) is 15.5 Å². The first-order valence-corrected chi connectivity index (χ1v) is 21.8. The zero-order valence-corrected chi connectivity index (χ0v) is 34.9. The van der Waals surface area contributed by atoms with Crippen molar-refractivity contribution in [2.45, 2.75) is 108 Å². The quantitative estimate of drug-likeness (QED) is 0.0985. The summed E-state index contributed by atoms with van der Waals surface area (Å²) >= 11 is 6.95. The minimum absolute atomic E-state index is 0.0552. The van der Waals surface area contributed by atoms with Crippen molar-refractivity contribution in [3.8, 4) is 11.5 Å². The maximum atomic E-state index is 14.4. The number of anilines is 1. The van der Waals surface area contributed by atoms with E-state index < -0.39 is 42.1 Å². The fourth-order valence-electron chi connectivity index (χ4n) is 8.78. The molecule has 15 nitrogen and oxygen atoms in total. The number of primary amides is 1. The number of carboxylic acid groups (broad SMARTS) is 1. The van der Waals surface area contributed by atoms with Crippen LogP contribution < -0.4 is 25.8 Å². The number of halogens is 1. The summed E-state index contributed by atoms with van der Waals surface area (Å²) in [6.45, 7) is 8.36. The van der Waals surface area contributed by atoms with Crippen molar-refractivity contribution in [1.82, 2.24) is 20.1 Å². The van der Waals surface area contributed by atoms with Gasteiger partial charge in [-0.1, -0.05) is 36.6 Å². The van der Waals surface area contributed by atoms with Gasteiger partial charge in [0.1, 0.15) is 53.2 Å². The monoisotopic (exact) mass is 838 g/mol. The van der Waals surface area contributed by atoms with Crippen molar-refractivity contribution in [1.29, 1.82) is 0 Å². The highest BCUT2D eigenvalue weighted by atomic mass is 35.5. The molecule has 7 rings (SSSR count). The minimum atomic E-state index is -0.951. The molecule has 3 amide bonds. The zero-order valence-electron chi connectivity index (χ0n) is 34.1. The maximum absolute atomic E-state index is 14.4. The number of likely N-dealkylation sites (tertiary alicyclic amines) is 1. The first-order chi connectivity index (χ1) is 28.4. The molecule has 2 aliphatic heterocycles. The highest BCUT2D eigenvalue weighted by molar-refractivity contribution is 6.36. The van der Waals surface area contributed by atoms with Crippen molar-refractivity contribution in [3.05, 3.63) is 35.4 Å². The van der Waals surface area contributed by atoms with Crippen LogP contribution in [0.1, 0.15) is 78.1 Å². The lowest BCUT2D eigenvalue weighted by molar-refractivity contribution is -0.139. The molecule has 2 unspecified atom stereocenters. The number of unbranched alkanes of at least 4 members (excludes halogenated alkanes) is 3. The Hall–Kier alpha value is -4.34. The molecule has 322 valence electrons. The number of amides is 3. The third-order valence-electron chi connectivity index (χ3n) is 12.2. The van der Waals surface area contributed by atoms with E-state index in [0.29, 0.717) is 84.2 Å². The number of aliphatic carboxylic acids is 1. The van der Waals surface area contributed by atoms with E-state index in [1.807, 2.05) is 32.1 Å². The van der Waals surface area contributed by atoms with Gasteiger partial charge in [0, 0.05) is 43.5 Å². The maximum Gasteiger partial charge on any atom is 0.408 e. The molecule has 0 radical (unpaired) electrons. The number of hydrogen-bond donors (Lipinski definition) is 4. The molecule has 3 aliphatic carbocycles. The molecule has 59 heavy (non-hydrogen) atoms. The van der Waals surface area contributed by atoms with Gasteiger partial charge in [-0.2, -0.15) is 0 Å². The lowest BCUT2D eigenvalue weighted by atomic mass is 10.0. The number of morpholine rings is 1. The third-order valence-corrected chi connectivity index (χ3v) is 12.6. The van der Waals surface area contributed by atoms with Crippen LogP contribution in [0.25, 0.3) is 10.9 Å². The minimum Gasteiger partial charge on any atom is -0.491 e. The Balaban J connectivity index is 1.02. The Morgan fingerprint density at radius 2 is 1.81 bits per heavy atom. The summed E-state index contributed by atoms with van der Waals surface area (Å²) in [4.78, 5) is 60.1. The largest absolute Gasteiger partial charge is 0.491 e. The van der Waals surface area contributed by atoms with Gasteiger partial charge in [0.05, 0.1) is 31.2 Å². The number of ether oxygens (including phenoxy) is 4. The first kappa shape index (κ1) is 42.8. The van der Waals surface area contributed by atoms with Gasteiger partial charge in [0.2, 0.25) is 11.8 Å². The van der Waals surface area contributed by atoms with Crippen LogP contribution in [-0.4, -0.2) is 120 Å². The predicted octanol–water partition coefficient (Wildman–Crippen LogP) is 5.37. The van der Waals surface area contributed by atoms with Crippen LogP contribution in [-0.2, 0) is 23.9 Å². The van der Waals surface area contributed by atoms with Crippen molar-refractivity contribution in [3.63, 3.8) is 0 Å². The smallest absolute Gasteiger partial charge is 0.408 e. The Labute approximate surface area is 350 Å². The lowest BCUT2D eigenvalue weighted by Gasteiger charge is -2.28. The molecule has 0 spiro atoms. The number of nitrogens with zero attached hydrogens (tertiary/aromatic N) is 3. The Kier molecular flexibility index (Phi) is 14.0. The van der Waals surface area contributed by atoms with Crippen LogP contribution in [0.4, 0.5) is 10.6 Å². The molecule has 16 heteroatoms. The van der Waals surface area contributed by atoms with Crippen molar-refractivity contribution < 1.29 is 43.2 Å². The van der Waals surface area contributed by atoms with Gasteiger partial charge in [-0.3, -0.25) is 19.3 Å². The number of fused-ring (bicyclic) bond motifs is 2. The van der Waals surface area contributed by atoms with E-state index in [0.717, 1.165) is 51.7 Å². The van der Waals surface area contributed by atoms with Gasteiger partial charge in [-0.05, 0) is 88.7 Å². The van der Waals surface area contributed by atoms with Crippen LogP contribution in [0.5, 0.6) is 11.5 Å². The summed E-state index contributed by atoms with van der Waals surface area (Å²) in [5, 5.41) is 16.3. The molecule has 5 aliphatic rings. The Morgan fingerprint density at radius 1 is 1.03 bits per heavy atom. The highest BCUT2D eigenvalue weighted by Gasteiger charge is 2.48. The number of nitrogens with one attached hydrogen (secondary N) is 2. The van der Waals surface area contributed by atoms with E-state index in [1.54, 1.807) is 12.1 Å². The topological polar surface area (TPSA) is 195 Å². The average Bonchev–Trinajstić information content (AvgIpc) is 4.06. The standard InChI is InChI=1S/C43H59ClN6O9/c1-25(2)46-37-23-36(31-10-11-35(38(44)39(31)48-37)57-17-14-49-12-15-56-16-13-49)58-30-22-34(40(45)51)50(24-30)41(52)33(47-43(55)59-29-19-27-18-28(27)20-29)9-7-5-3-4-6-8-26-21-32(26)42(53)54/h6,8,10-11,23,25-30,32-34H,3-5,7,9,12-22,24H2,1-2H3,(H2,45,51)(H,46,48)(H,47,55)(H,53,54)/b8-6-/t26-,27-,28+,29?,30?,32+,33+,34+/m1/s1. The van der Waals surface area contributed by atoms with E-state index in [9.17, 15) is 19.2 Å². The molecule has 1 aromatic carbocycles. The number of aromatic nitrogens is 1. The fourth-order valence-corrected chi connectivity index (χ4v) is 9.04. The molecule has 5 N–H and O–H groups in total. The number of carbonyl (C=O) groups is 4. The number of rotatable bonds is 20. The Morgan fingerprint density at radius 3 is 2.53 bits per heavy atom. The van der Waals surface area contributed by atoms with Gasteiger partial charge >= 0.3 is 12.1 Å². The number of carboxylic acids is 1. The van der Waals surface area contributed by atoms with Crippen molar-refractivity contribution in [2.75, 3.05) is 51.3 Å². The normalized spacial score (nSPS) is 26.8. The average molecular weight is 839 g/mol. The summed E-state index contributed by atoms with van der Waals surface area (Å²) in [6, 6.07) is 3.62. The fraction of sp³-hybridized carbons (Fsp3) is 0.651. The molecular formula is C43H59ClN6O9. The van der Waals surface area contributed by atoms with E-state index in [-0.39, 0.29) is 36.9 Å². The van der Waals surface area contributed by atoms with Gasteiger partial charge in [0.25, 0.3) is 0 Å². The molecule has 1 aromatic heterocycles. The van der Waals surface area contributed by atoms with Crippen LogP contribution in [0, 0.1) is 23.7 Å². The molecule has 2 aromatic rings. The molecule has 3 saturated carbocycles. The number of nitrogens with two attached hydrogens (primary N) is 1. The number of pyridine rings is 1. The molecule has 2 saturated heterocycles. The van der Waals surface area contributed by atoms with Crippen molar-refractivity contribution in [2.24, 2.45) is 29.4 Å². The first-order valence-electron chi connectivity index (χ1n) is 21.4. The Bertz CT molecular complexity index is 1860. The van der Waals surface area contributed by atoms with Gasteiger partial charge in [0.15, 0.2) is 0 Å². The van der Waals surface area contributed by atoms with Gasteiger partial charge in [-0.25, -0.2) is 9.78 Å². The summed E-state index contributed by atoms with van der Waals surface area (Å²) in [5.74, 6) is 0.785. The number of carbonyl (C=O) groups excluding carboxylic acids is 3. The van der Waals surface area contributed by atoms with E-state index >= 15 is 0 Å². The second kappa shape index (κ2) is 19.4. The molecule has 3 heterocycles.